The molecule has 0 saturated carbocycles. The lowest BCUT2D eigenvalue weighted by atomic mass is 10.3. The van der Waals surface area contributed by atoms with Crippen molar-refractivity contribution in [1.29, 1.82) is 0 Å². The summed E-state index contributed by atoms with van der Waals surface area (Å²) in [6.45, 7) is 4.43. The van der Waals surface area contributed by atoms with Crippen molar-refractivity contribution in [3.05, 3.63) is 12.3 Å². The van der Waals surface area contributed by atoms with E-state index >= 15 is 0 Å². The van der Waals surface area contributed by atoms with Crippen molar-refractivity contribution in [3.8, 4) is 0 Å². The van der Waals surface area contributed by atoms with E-state index in [1.165, 1.54) is 12.2 Å². The molecule has 0 amide bonds. The molecule has 2 heterocycles. The maximum absolute atomic E-state index is 4.48. The second kappa shape index (κ2) is 5.39. The number of anilines is 2. The van der Waals surface area contributed by atoms with Crippen LogP contribution in [0.1, 0.15) is 13.3 Å². The fourth-order valence-corrected chi connectivity index (χ4v) is 3.00. The zero-order valence-electron chi connectivity index (χ0n) is 9.81. The van der Waals surface area contributed by atoms with Crippen LogP contribution in [0.2, 0.25) is 0 Å². The van der Waals surface area contributed by atoms with Crippen LogP contribution in [-0.2, 0) is 0 Å². The van der Waals surface area contributed by atoms with Crippen LogP contribution >= 0.6 is 11.8 Å². The van der Waals surface area contributed by atoms with Gasteiger partial charge < -0.3 is 10.2 Å². The summed E-state index contributed by atoms with van der Waals surface area (Å²) in [6, 6.07) is 1.99. The van der Waals surface area contributed by atoms with Crippen molar-refractivity contribution in [1.82, 2.24) is 9.97 Å². The predicted molar refractivity (Wildman–Crippen MR) is 70.3 cm³/mol. The third-order valence-electron chi connectivity index (χ3n) is 2.78. The molecule has 4 nitrogen and oxygen atoms in total. The topological polar surface area (TPSA) is 41.1 Å². The highest BCUT2D eigenvalue weighted by molar-refractivity contribution is 8.00. The molecule has 1 saturated heterocycles. The van der Waals surface area contributed by atoms with Gasteiger partial charge in [0.1, 0.15) is 5.82 Å². The van der Waals surface area contributed by atoms with Gasteiger partial charge in [0.05, 0.1) is 0 Å². The summed E-state index contributed by atoms with van der Waals surface area (Å²) in [4.78, 5) is 11.0. The maximum atomic E-state index is 4.48. The van der Waals surface area contributed by atoms with Gasteiger partial charge in [-0.3, -0.25) is 0 Å². The monoisotopic (exact) mass is 238 g/mol. The van der Waals surface area contributed by atoms with E-state index in [9.17, 15) is 0 Å². The molecule has 0 radical (unpaired) electrons. The van der Waals surface area contributed by atoms with Crippen LogP contribution in [0.3, 0.4) is 0 Å². The Morgan fingerprint density at radius 3 is 3.25 bits per heavy atom. The lowest BCUT2D eigenvalue weighted by molar-refractivity contribution is 0.719. The Hall–Kier alpha value is -0.970. The first kappa shape index (κ1) is 11.5. The van der Waals surface area contributed by atoms with E-state index in [1.807, 2.05) is 19.3 Å². The molecule has 1 unspecified atom stereocenters. The molecule has 1 aromatic rings. The van der Waals surface area contributed by atoms with E-state index in [2.05, 4.69) is 38.9 Å². The molecule has 1 aromatic heterocycles. The standard InChI is InChI=1S/C11H18N4S/c1-3-9-8-15(6-7-16-9)10-4-5-13-11(12-2)14-10/h4-5,9H,3,6-8H2,1-2H3,(H,12,13,14). The Labute approximate surface area is 101 Å². The highest BCUT2D eigenvalue weighted by Crippen LogP contribution is 2.24. The summed E-state index contributed by atoms with van der Waals surface area (Å²) in [6.07, 6.45) is 3.04. The van der Waals surface area contributed by atoms with Gasteiger partial charge in [-0.1, -0.05) is 6.92 Å². The van der Waals surface area contributed by atoms with Crippen molar-refractivity contribution >= 4 is 23.5 Å². The summed E-state index contributed by atoms with van der Waals surface area (Å²) >= 11 is 2.07. The van der Waals surface area contributed by atoms with Crippen LogP contribution in [0.4, 0.5) is 11.8 Å². The van der Waals surface area contributed by atoms with Crippen molar-refractivity contribution in [2.75, 3.05) is 36.1 Å². The molecule has 1 aliphatic heterocycles. The zero-order chi connectivity index (χ0) is 11.4. The van der Waals surface area contributed by atoms with Crippen LogP contribution in [0.25, 0.3) is 0 Å². The van der Waals surface area contributed by atoms with Gasteiger partial charge in [-0.2, -0.15) is 16.7 Å². The molecular formula is C11H18N4S. The normalized spacial score (nSPS) is 20.9. The molecule has 1 N–H and O–H groups in total. The Morgan fingerprint density at radius 2 is 2.50 bits per heavy atom. The number of nitrogens with one attached hydrogen (secondary N) is 1. The zero-order valence-corrected chi connectivity index (χ0v) is 10.6. The van der Waals surface area contributed by atoms with E-state index in [4.69, 9.17) is 0 Å². The minimum absolute atomic E-state index is 0.698. The van der Waals surface area contributed by atoms with Crippen LogP contribution in [0.5, 0.6) is 0 Å². The minimum atomic E-state index is 0.698. The Kier molecular flexibility index (Phi) is 3.88. The molecule has 0 aliphatic carbocycles. The van der Waals surface area contributed by atoms with Gasteiger partial charge in [0.25, 0.3) is 0 Å². The molecule has 5 heteroatoms. The summed E-state index contributed by atoms with van der Waals surface area (Å²) in [5.41, 5.74) is 0. The van der Waals surface area contributed by atoms with E-state index in [0.29, 0.717) is 5.95 Å². The third-order valence-corrected chi connectivity index (χ3v) is 4.15. The van der Waals surface area contributed by atoms with Gasteiger partial charge in [0, 0.05) is 37.3 Å². The van der Waals surface area contributed by atoms with Crippen molar-refractivity contribution in [2.24, 2.45) is 0 Å². The minimum Gasteiger partial charge on any atom is -0.357 e. The first-order valence-electron chi connectivity index (χ1n) is 5.71. The molecule has 16 heavy (non-hydrogen) atoms. The van der Waals surface area contributed by atoms with Crippen LogP contribution < -0.4 is 10.2 Å². The van der Waals surface area contributed by atoms with Gasteiger partial charge in [0.2, 0.25) is 5.95 Å². The highest BCUT2D eigenvalue weighted by Gasteiger charge is 2.20. The summed E-state index contributed by atoms with van der Waals surface area (Å²) in [5, 5.41) is 3.72. The molecule has 1 aliphatic rings. The lowest BCUT2D eigenvalue weighted by Gasteiger charge is -2.32. The molecule has 1 fully saturated rings. The smallest absolute Gasteiger partial charge is 0.224 e. The number of hydrogen-bond acceptors (Lipinski definition) is 5. The maximum Gasteiger partial charge on any atom is 0.224 e. The second-order valence-electron chi connectivity index (χ2n) is 3.84. The number of hydrogen-bond donors (Lipinski definition) is 1. The SMILES string of the molecule is CCC1CN(c2ccnc(NC)n2)CCS1. The van der Waals surface area contributed by atoms with Gasteiger partial charge in [-0.25, -0.2) is 4.98 Å². The van der Waals surface area contributed by atoms with Gasteiger partial charge in [0.15, 0.2) is 0 Å². The molecule has 0 bridgehead atoms. The first-order chi connectivity index (χ1) is 7.83. The highest BCUT2D eigenvalue weighted by atomic mass is 32.2. The van der Waals surface area contributed by atoms with Crippen molar-refractivity contribution in [2.45, 2.75) is 18.6 Å². The fraction of sp³-hybridized carbons (Fsp3) is 0.636. The molecule has 2 rings (SSSR count). The number of rotatable bonds is 3. The van der Waals surface area contributed by atoms with Crippen LogP contribution in [0.15, 0.2) is 12.3 Å². The van der Waals surface area contributed by atoms with E-state index in [-0.39, 0.29) is 0 Å². The van der Waals surface area contributed by atoms with Crippen molar-refractivity contribution in [3.63, 3.8) is 0 Å². The van der Waals surface area contributed by atoms with Crippen LogP contribution in [-0.4, -0.2) is 41.1 Å². The van der Waals surface area contributed by atoms with Crippen molar-refractivity contribution < 1.29 is 0 Å². The summed E-state index contributed by atoms with van der Waals surface area (Å²) < 4.78 is 0. The molecule has 88 valence electrons. The average Bonchev–Trinajstić information content (AvgIpc) is 2.39. The predicted octanol–water partition coefficient (Wildman–Crippen LogP) is 1.85. The fourth-order valence-electron chi connectivity index (χ4n) is 1.82. The molecular weight excluding hydrogens is 220 g/mol. The lowest BCUT2D eigenvalue weighted by Crippen LogP contribution is -2.38. The first-order valence-corrected chi connectivity index (χ1v) is 6.75. The van der Waals surface area contributed by atoms with E-state index in [1.54, 1.807) is 0 Å². The van der Waals surface area contributed by atoms with Gasteiger partial charge >= 0.3 is 0 Å². The average molecular weight is 238 g/mol. The molecule has 0 aromatic carbocycles. The molecule has 1 atom stereocenters. The number of nitrogens with zero attached hydrogens (tertiary/aromatic N) is 3. The van der Waals surface area contributed by atoms with E-state index < -0.39 is 0 Å². The van der Waals surface area contributed by atoms with Gasteiger partial charge in [-0.15, -0.1) is 0 Å². The quantitative estimate of drug-likeness (QED) is 0.870. The Balaban J connectivity index is 2.10. The van der Waals surface area contributed by atoms with E-state index in [0.717, 1.165) is 24.2 Å². The second-order valence-corrected chi connectivity index (χ2v) is 5.24. The third kappa shape index (κ3) is 2.58. The summed E-state index contributed by atoms with van der Waals surface area (Å²) in [7, 11) is 1.85. The van der Waals surface area contributed by atoms with Gasteiger partial charge in [-0.05, 0) is 12.5 Å². The Morgan fingerprint density at radius 1 is 1.62 bits per heavy atom. The largest absolute Gasteiger partial charge is 0.357 e. The number of aromatic nitrogens is 2. The Bertz CT molecular complexity index is 345. The molecule has 0 spiro atoms. The van der Waals surface area contributed by atoms with Crippen LogP contribution in [0, 0.1) is 0 Å². The number of thioether (sulfide) groups is 1. The summed E-state index contributed by atoms with van der Waals surface area (Å²) in [5.74, 6) is 2.93.